The Labute approximate surface area is 145 Å². The Hall–Kier alpha value is -2.89. The zero-order valence-electron chi connectivity index (χ0n) is 14.3. The van der Waals surface area contributed by atoms with Crippen molar-refractivity contribution in [3.05, 3.63) is 65.5 Å². The van der Waals surface area contributed by atoms with E-state index >= 15 is 0 Å². The molecule has 2 aromatic rings. The Bertz CT molecular complexity index is 754. The van der Waals surface area contributed by atoms with Crippen molar-refractivity contribution in [1.82, 2.24) is 0 Å². The van der Waals surface area contributed by atoms with Crippen molar-refractivity contribution in [2.45, 2.75) is 33.0 Å². The summed E-state index contributed by atoms with van der Waals surface area (Å²) in [6.45, 7) is 5.19. The van der Waals surface area contributed by atoms with Crippen LogP contribution >= 0.6 is 0 Å². The highest BCUT2D eigenvalue weighted by atomic mass is 19.1. The van der Waals surface area contributed by atoms with E-state index in [1.165, 1.54) is 12.1 Å². The maximum Gasteiger partial charge on any atom is 0.411 e. The van der Waals surface area contributed by atoms with E-state index in [-0.39, 0.29) is 17.9 Å². The third-order valence-corrected chi connectivity index (χ3v) is 3.05. The van der Waals surface area contributed by atoms with Gasteiger partial charge in [-0.3, -0.25) is 5.32 Å². The van der Waals surface area contributed by atoms with Gasteiger partial charge in [-0.05, 0) is 44.5 Å². The van der Waals surface area contributed by atoms with Crippen LogP contribution < -0.4 is 5.32 Å². The molecule has 25 heavy (non-hydrogen) atoms. The van der Waals surface area contributed by atoms with Gasteiger partial charge in [0, 0.05) is 5.69 Å². The van der Waals surface area contributed by atoms with Crippen LogP contribution in [0.3, 0.4) is 0 Å². The van der Waals surface area contributed by atoms with E-state index in [0.29, 0.717) is 0 Å². The summed E-state index contributed by atoms with van der Waals surface area (Å²) in [6.07, 6.45) is -0.715. The number of esters is 1. The molecular weight excluding hydrogens is 325 g/mol. The van der Waals surface area contributed by atoms with Gasteiger partial charge in [0.2, 0.25) is 0 Å². The average Bonchev–Trinajstić information content (AvgIpc) is 2.52. The van der Waals surface area contributed by atoms with Crippen molar-refractivity contribution >= 4 is 17.7 Å². The standard InChI is InChI=1S/C19H20FNO4/c1-19(2,3)25-17(22)15-10-9-14(11-16(15)20)21-18(23)24-12-13-7-5-4-6-8-13/h4-11H,12H2,1-3H3,(H,21,23). The van der Waals surface area contributed by atoms with E-state index in [1.807, 2.05) is 30.3 Å². The molecule has 0 aromatic heterocycles. The first-order valence-corrected chi connectivity index (χ1v) is 7.75. The Kier molecular flexibility index (Phi) is 5.75. The molecular formula is C19H20FNO4. The summed E-state index contributed by atoms with van der Waals surface area (Å²) in [6, 6.07) is 12.9. The number of carbonyl (C=O) groups excluding carboxylic acids is 2. The fourth-order valence-electron chi connectivity index (χ4n) is 1.97. The number of hydrogen-bond donors (Lipinski definition) is 1. The molecule has 0 saturated heterocycles. The summed E-state index contributed by atoms with van der Waals surface area (Å²) in [5.74, 6) is -1.54. The van der Waals surface area contributed by atoms with Gasteiger partial charge < -0.3 is 9.47 Å². The lowest BCUT2D eigenvalue weighted by molar-refractivity contribution is 0.00647. The van der Waals surface area contributed by atoms with Crippen molar-refractivity contribution < 1.29 is 23.5 Å². The van der Waals surface area contributed by atoms with E-state index in [4.69, 9.17) is 9.47 Å². The summed E-state index contributed by atoms with van der Waals surface area (Å²) in [4.78, 5) is 23.7. The van der Waals surface area contributed by atoms with Crippen molar-refractivity contribution in [3.63, 3.8) is 0 Å². The molecule has 0 atom stereocenters. The summed E-state index contributed by atoms with van der Waals surface area (Å²) >= 11 is 0. The zero-order chi connectivity index (χ0) is 18.4. The Morgan fingerprint density at radius 2 is 1.76 bits per heavy atom. The van der Waals surface area contributed by atoms with Gasteiger partial charge in [-0.25, -0.2) is 14.0 Å². The highest BCUT2D eigenvalue weighted by molar-refractivity contribution is 5.91. The van der Waals surface area contributed by atoms with Crippen LogP contribution in [0, 0.1) is 5.82 Å². The van der Waals surface area contributed by atoms with Crippen molar-refractivity contribution in [2.24, 2.45) is 0 Å². The second kappa shape index (κ2) is 7.79. The molecule has 0 aliphatic rings. The van der Waals surface area contributed by atoms with E-state index in [2.05, 4.69) is 5.32 Å². The summed E-state index contributed by atoms with van der Waals surface area (Å²) in [7, 11) is 0. The first kappa shape index (κ1) is 18.4. The van der Waals surface area contributed by atoms with Crippen molar-refractivity contribution in [1.29, 1.82) is 0 Å². The molecule has 0 saturated carbocycles. The van der Waals surface area contributed by atoms with Gasteiger partial charge in [-0.15, -0.1) is 0 Å². The lowest BCUT2D eigenvalue weighted by Crippen LogP contribution is -2.24. The minimum atomic E-state index is -0.782. The number of nitrogens with one attached hydrogen (secondary N) is 1. The maximum atomic E-state index is 14.1. The Balaban J connectivity index is 1.95. The number of amides is 1. The molecule has 0 radical (unpaired) electrons. The SMILES string of the molecule is CC(C)(C)OC(=O)c1ccc(NC(=O)OCc2ccccc2)cc1F. The molecule has 5 nitrogen and oxygen atoms in total. The van der Waals surface area contributed by atoms with Crippen molar-refractivity contribution in [2.75, 3.05) is 5.32 Å². The Morgan fingerprint density at radius 1 is 1.08 bits per heavy atom. The molecule has 2 rings (SSSR count). The fourth-order valence-corrected chi connectivity index (χ4v) is 1.97. The van der Waals surface area contributed by atoms with Crippen LogP contribution in [-0.4, -0.2) is 17.7 Å². The molecule has 0 fully saturated rings. The van der Waals surface area contributed by atoms with Crippen molar-refractivity contribution in [3.8, 4) is 0 Å². The average molecular weight is 345 g/mol. The monoisotopic (exact) mass is 345 g/mol. The lowest BCUT2D eigenvalue weighted by atomic mass is 10.1. The zero-order valence-corrected chi connectivity index (χ0v) is 14.3. The minimum absolute atomic E-state index is 0.102. The molecule has 132 valence electrons. The number of halogens is 1. The normalized spacial score (nSPS) is 10.9. The van der Waals surface area contributed by atoms with Crippen LogP contribution in [0.4, 0.5) is 14.9 Å². The van der Waals surface area contributed by atoms with Gasteiger partial charge in [0.25, 0.3) is 0 Å². The van der Waals surface area contributed by atoms with E-state index in [1.54, 1.807) is 20.8 Å². The number of rotatable bonds is 4. The minimum Gasteiger partial charge on any atom is -0.456 e. The van der Waals surface area contributed by atoms with Gasteiger partial charge in [0.05, 0.1) is 5.56 Å². The second-order valence-corrected chi connectivity index (χ2v) is 6.38. The molecule has 0 aliphatic carbocycles. The van der Waals surface area contributed by atoms with Gasteiger partial charge in [-0.2, -0.15) is 0 Å². The maximum absolute atomic E-state index is 14.1. The van der Waals surface area contributed by atoms with Crippen LogP contribution in [0.2, 0.25) is 0 Å². The Morgan fingerprint density at radius 3 is 2.36 bits per heavy atom. The van der Waals surface area contributed by atoms with E-state index in [0.717, 1.165) is 11.6 Å². The first-order valence-electron chi connectivity index (χ1n) is 7.75. The molecule has 0 aliphatic heterocycles. The molecule has 1 amide bonds. The molecule has 0 bridgehead atoms. The van der Waals surface area contributed by atoms with Gasteiger partial charge in [-0.1, -0.05) is 30.3 Å². The lowest BCUT2D eigenvalue weighted by Gasteiger charge is -2.19. The number of ether oxygens (including phenoxy) is 2. The number of benzene rings is 2. The highest BCUT2D eigenvalue weighted by Crippen LogP contribution is 2.18. The topological polar surface area (TPSA) is 64.6 Å². The smallest absolute Gasteiger partial charge is 0.411 e. The van der Waals surface area contributed by atoms with Gasteiger partial charge in [0.15, 0.2) is 0 Å². The van der Waals surface area contributed by atoms with E-state index < -0.39 is 23.5 Å². The molecule has 6 heteroatoms. The fraction of sp³-hybridized carbons (Fsp3) is 0.263. The summed E-state index contributed by atoms with van der Waals surface area (Å²) in [5, 5.41) is 2.41. The number of anilines is 1. The highest BCUT2D eigenvalue weighted by Gasteiger charge is 2.21. The summed E-state index contributed by atoms with van der Waals surface area (Å²) in [5.41, 5.74) is 0.104. The van der Waals surface area contributed by atoms with Crippen LogP contribution in [0.15, 0.2) is 48.5 Å². The third-order valence-electron chi connectivity index (χ3n) is 3.05. The number of carbonyl (C=O) groups is 2. The molecule has 0 unspecified atom stereocenters. The van der Waals surface area contributed by atoms with Crippen LogP contribution in [0.1, 0.15) is 36.7 Å². The third kappa shape index (κ3) is 5.91. The number of hydrogen-bond acceptors (Lipinski definition) is 4. The second-order valence-electron chi connectivity index (χ2n) is 6.38. The molecule has 1 N–H and O–H groups in total. The van der Waals surface area contributed by atoms with Crippen LogP contribution in [0.5, 0.6) is 0 Å². The largest absolute Gasteiger partial charge is 0.456 e. The van der Waals surface area contributed by atoms with E-state index in [9.17, 15) is 14.0 Å². The first-order chi connectivity index (χ1) is 11.7. The van der Waals surface area contributed by atoms with Crippen LogP contribution in [-0.2, 0) is 16.1 Å². The van der Waals surface area contributed by atoms with Gasteiger partial charge >= 0.3 is 12.1 Å². The van der Waals surface area contributed by atoms with Crippen LogP contribution in [0.25, 0.3) is 0 Å². The predicted octanol–water partition coefficient (Wildman–Crippen LogP) is 4.53. The molecule has 2 aromatic carbocycles. The molecule has 0 heterocycles. The quantitative estimate of drug-likeness (QED) is 0.827. The summed E-state index contributed by atoms with van der Waals surface area (Å²) < 4.78 is 24.3. The van der Waals surface area contributed by atoms with Gasteiger partial charge in [0.1, 0.15) is 18.0 Å². The molecule has 0 spiro atoms. The predicted molar refractivity (Wildman–Crippen MR) is 91.8 cm³/mol.